The van der Waals surface area contributed by atoms with Crippen LogP contribution in [0.15, 0.2) is 29.2 Å². The second-order valence-corrected chi connectivity index (χ2v) is 10.1. The van der Waals surface area contributed by atoms with Gasteiger partial charge in [-0.2, -0.15) is 4.31 Å². The Kier molecular flexibility index (Phi) is 6.98. The highest BCUT2D eigenvalue weighted by atomic mass is 35.5. The molecule has 0 bridgehead atoms. The van der Waals surface area contributed by atoms with Crippen LogP contribution in [-0.4, -0.2) is 42.7 Å². The maximum atomic E-state index is 12.8. The van der Waals surface area contributed by atoms with Crippen LogP contribution in [0.25, 0.3) is 0 Å². The summed E-state index contributed by atoms with van der Waals surface area (Å²) in [6, 6.07) is 6.48. The molecule has 0 radical (unpaired) electrons. The highest BCUT2D eigenvalue weighted by molar-refractivity contribution is 7.89. The molecule has 1 aliphatic heterocycles. The van der Waals surface area contributed by atoms with Gasteiger partial charge in [-0.3, -0.25) is 4.79 Å². The molecule has 1 saturated heterocycles. The lowest BCUT2D eigenvalue weighted by Crippen LogP contribution is -2.46. The Morgan fingerprint density at radius 3 is 2.21 bits per heavy atom. The summed E-state index contributed by atoms with van der Waals surface area (Å²) in [6.45, 7) is 2.46. The Morgan fingerprint density at radius 2 is 1.62 bits per heavy atom. The predicted octanol–water partition coefficient (Wildman–Crippen LogP) is 4.59. The van der Waals surface area contributed by atoms with Crippen LogP contribution in [0.5, 0.6) is 0 Å². The summed E-state index contributed by atoms with van der Waals surface area (Å²) in [5.41, 5.74) is 0.862. The highest BCUT2D eigenvalue weighted by Crippen LogP contribution is 2.36. The van der Waals surface area contributed by atoms with Gasteiger partial charge in [-0.05, 0) is 31.9 Å². The zero-order valence-corrected chi connectivity index (χ0v) is 19.1. The molecule has 1 aliphatic rings. The maximum Gasteiger partial charge on any atom is 0.271 e. The molecule has 156 valence electrons. The third-order valence-electron chi connectivity index (χ3n) is 4.65. The summed E-state index contributed by atoms with van der Waals surface area (Å²) in [5, 5.41) is 2.53. The van der Waals surface area contributed by atoms with E-state index in [0.717, 1.165) is 5.56 Å². The number of nitrogens with one attached hydrogen (secondary N) is 1. The van der Waals surface area contributed by atoms with Gasteiger partial charge in [0.05, 0.1) is 20.0 Å². The molecule has 1 fully saturated rings. The molecule has 0 spiro atoms. The SMILES string of the molecule is Cc1ccc(S(=O)(=O)N2CCC(NC(=O)c3nc(Cl)c(Cl)c(Cl)c3Cl)CC2)cc1. The lowest BCUT2D eigenvalue weighted by molar-refractivity contribution is 0.0919. The number of benzene rings is 1. The summed E-state index contributed by atoms with van der Waals surface area (Å²) in [5.74, 6) is -0.546. The molecular formula is C18H17Cl4N3O3S. The van der Waals surface area contributed by atoms with E-state index in [-0.39, 0.29) is 49.9 Å². The van der Waals surface area contributed by atoms with Crippen molar-refractivity contribution in [3.05, 3.63) is 55.7 Å². The Balaban J connectivity index is 1.66. The summed E-state index contributed by atoms with van der Waals surface area (Å²) < 4.78 is 27.0. The van der Waals surface area contributed by atoms with E-state index in [9.17, 15) is 13.2 Å². The number of pyridine rings is 1. The minimum atomic E-state index is -3.57. The molecule has 2 aromatic rings. The van der Waals surface area contributed by atoms with Crippen LogP contribution < -0.4 is 5.32 Å². The first-order chi connectivity index (χ1) is 13.6. The first-order valence-corrected chi connectivity index (χ1v) is 11.6. The topological polar surface area (TPSA) is 79.4 Å². The third kappa shape index (κ3) is 4.81. The Labute approximate surface area is 189 Å². The van der Waals surface area contributed by atoms with Gasteiger partial charge in [0, 0.05) is 19.1 Å². The van der Waals surface area contributed by atoms with Gasteiger partial charge in [-0.1, -0.05) is 64.1 Å². The Morgan fingerprint density at radius 1 is 1.03 bits per heavy atom. The number of aromatic nitrogens is 1. The number of aryl methyl sites for hydroxylation is 1. The smallest absolute Gasteiger partial charge is 0.271 e. The Hall–Kier alpha value is -1.09. The van der Waals surface area contributed by atoms with Crippen LogP contribution in [0, 0.1) is 6.92 Å². The van der Waals surface area contributed by atoms with Gasteiger partial charge in [0.2, 0.25) is 10.0 Å². The summed E-state index contributed by atoms with van der Waals surface area (Å²) in [4.78, 5) is 16.7. The van der Waals surface area contributed by atoms with Crippen molar-refractivity contribution in [1.82, 2.24) is 14.6 Å². The van der Waals surface area contributed by atoms with Crippen LogP contribution >= 0.6 is 46.4 Å². The van der Waals surface area contributed by atoms with E-state index in [1.807, 2.05) is 6.92 Å². The van der Waals surface area contributed by atoms with E-state index in [2.05, 4.69) is 10.3 Å². The van der Waals surface area contributed by atoms with Gasteiger partial charge in [-0.15, -0.1) is 0 Å². The molecule has 3 rings (SSSR count). The van der Waals surface area contributed by atoms with Crippen LogP contribution in [0.3, 0.4) is 0 Å². The molecule has 0 unspecified atom stereocenters. The quantitative estimate of drug-likeness (QED) is 0.628. The molecule has 1 N–H and O–H groups in total. The average molecular weight is 497 g/mol. The van der Waals surface area contributed by atoms with Crippen molar-refractivity contribution in [2.45, 2.75) is 30.7 Å². The number of hydrogen-bond donors (Lipinski definition) is 1. The van der Waals surface area contributed by atoms with Crippen molar-refractivity contribution < 1.29 is 13.2 Å². The van der Waals surface area contributed by atoms with Gasteiger partial charge in [0.1, 0.15) is 10.8 Å². The second-order valence-electron chi connectivity index (χ2n) is 6.66. The van der Waals surface area contributed by atoms with Crippen molar-refractivity contribution >= 4 is 62.3 Å². The molecule has 1 aromatic heterocycles. The van der Waals surface area contributed by atoms with Crippen LogP contribution in [0.4, 0.5) is 0 Å². The van der Waals surface area contributed by atoms with Crippen LogP contribution in [0.1, 0.15) is 28.9 Å². The molecule has 0 atom stereocenters. The third-order valence-corrected chi connectivity index (χ3v) is 8.24. The zero-order chi connectivity index (χ0) is 21.3. The molecular weight excluding hydrogens is 480 g/mol. The van der Waals surface area contributed by atoms with E-state index in [4.69, 9.17) is 46.4 Å². The van der Waals surface area contributed by atoms with Crippen molar-refractivity contribution in [3.8, 4) is 0 Å². The maximum absolute atomic E-state index is 12.8. The Bertz CT molecular complexity index is 1040. The van der Waals surface area contributed by atoms with E-state index in [0.29, 0.717) is 12.8 Å². The van der Waals surface area contributed by atoms with Gasteiger partial charge < -0.3 is 5.32 Å². The number of sulfonamides is 1. The first-order valence-electron chi connectivity index (χ1n) is 8.69. The van der Waals surface area contributed by atoms with Crippen molar-refractivity contribution in [1.29, 1.82) is 0 Å². The molecule has 0 saturated carbocycles. The molecule has 1 aromatic carbocycles. The summed E-state index contributed by atoms with van der Waals surface area (Å²) in [7, 11) is -3.57. The predicted molar refractivity (Wildman–Crippen MR) is 115 cm³/mol. The van der Waals surface area contributed by atoms with Crippen molar-refractivity contribution in [3.63, 3.8) is 0 Å². The number of carbonyl (C=O) groups excluding carboxylic acids is 1. The minimum Gasteiger partial charge on any atom is -0.348 e. The number of piperidine rings is 1. The molecule has 0 aliphatic carbocycles. The zero-order valence-electron chi connectivity index (χ0n) is 15.3. The molecule has 11 heteroatoms. The van der Waals surface area contributed by atoms with Crippen molar-refractivity contribution in [2.24, 2.45) is 0 Å². The normalized spacial score (nSPS) is 16.0. The van der Waals surface area contributed by atoms with Gasteiger partial charge in [0.25, 0.3) is 5.91 Å². The molecule has 29 heavy (non-hydrogen) atoms. The number of nitrogens with zero attached hydrogens (tertiary/aromatic N) is 2. The van der Waals surface area contributed by atoms with E-state index >= 15 is 0 Å². The standard InChI is InChI=1S/C18H17Cl4N3O3S/c1-10-2-4-12(5-3-10)29(27,28)25-8-6-11(7-9-25)23-18(26)16-14(20)13(19)15(21)17(22)24-16/h2-5,11H,6-9H2,1H3,(H,23,26). The van der Waals surface area contributed by atoms with Gasteiger partial charge in [-0.25, -0.2) is 13.4 Å². The lowest BCUT2D eigenvalue weighted by Gasteiger charge is -2.31. The number of hydrogen-bond acceptors (Lipinski definition) is 4. The number of carbonyl (C=O) groups is 1. The average Bonchev–Trinajstić information content (AvgIpc) is 2.69. The van der Waals surface area contributed by atoms with E-state index < -0.39 is 15.9 Å². The van der Waals surface area contributed by atoms with E-state index in [1.165, 1.54) is 4.31 Å². The largest absolute Gasteiger partial charge is 0.348 e. The lowest BCUT2D eigenvalue weighted by atomic mass is 10.1. The van der Waals surface area contributed by atoms with Gasteiger partial charge >= 0.3 is 0 Å². The van der Waals surface area contributed by atoms with Crippen LogP contribution in [0.2, 0.25) is 20.2 Å². The highest BCUT2D eigenvalue weighted by Gasteiger charge is 2.31. The molecule has 2 heterocycles. The number of rotatable bonds is 4. The van der Waals surface area contributed by atoms with E-state index in [1.54, 1.807) is 24.3 Å². The van der Waals surface area contributed by atoms with Crippen molar-refractivity contribution in [2.75, 3.05) is 13.1 Å². The fourth-order valence-corrected chi connectivity index (χ4v) is 5.27. The number of halogens is 4. The van der Waals surface area contributed by atoms with Crippen LogP contribution in [-0.2, 0) is 10.0 Å². The monoisotopic (exact) mass is 495 g/mol. The molecule has 6 nitrogen and oxygen atoms in total. The first kappa shape index (κ1) is 22.6. The molecule has 1 amide bonds. The number of amides is 1. The second kappa shape index (κ2) is 8.96. The minimum absolute atomic E-state index is 0.0236. The summed E-state index contributed by atoms with van der Waals surface area (Å²) in [6.07, 6.45) is 0.896. The van der Waals surface area contributed by atoms with Gasteiger partial charge in [0.15, 0.2) is 0 Å². The fourth-order valence-electron chi connectivity index (χ4n) is 2.99. The summed E-state index contributed by atoms with van der Waals surface area (Å²) >= 11 is 23.8. The fraction of sp³-hybridized carbons (Fsp3) is 0.333.